The van der Waals surface area contributed by atoms with E-state index in [0.29, 0.717) is 0 Å². The normalized spacial score (nSPS) is 13.3. The highest BCUT2D eigenvalue weighted by Gasteiger charge is 2.44. The first kappa shape index (κ1) is 33.8. The van der Waals surface area contributed by atoms with Crippen LogP contribution in [0.2, 0.25) is 0 Å². The first-order valence-corrected chi connectivity index (χ1v) is 19.2. The molecule has 4 heteroatoms. The fourth-order valence-electron chi connectivity index (χ4n) is 8.74. The molecule has 2 aliphatic rings. The summed E-state index contributed by atoms with van der Waals surface area (Å²) >= 11 is 0. The number of fused-ring (bicyclic) bond motifs is 4. The van der Waals surface area contributed by atoms with E-state index in [1.807, 2.05) is 0 Å². The second-order valence-corrected chi connectivity index (χ2v) is 16.7. The molecule has 0 saturated carbocycles. The number of rotatable bonds is 5. The molecule has 264 valence electrons. The fourth-order valence-corrected chi connectivity index (χ4v) is 8.74. The third kappa shape index (κ3) is 5.51. The summed E-state index contributed by atoms with van der Waals surface area (Å²) in [5.74, 6) is 0. The monoisotopic (exact) mass is 699 g/mol. The first-order chi connectivity index (χ1) is 26.1. The van der Waals surface area contributed by atoms with E-state index in [-0.39, 0.29) is 17.5 Å². The lowest BCUT2D eigenvalue weighted by Gasteiger charge is -2.45. The van der Waals surface area contributed by atoms with E-state index in [0.717, 1.165) is 17.1 Å². The first-order valence-electron chi connectivity index (χ1n) is 19.2. The van der Waals surface area contributed by atoms with Crippen LogP contribution in [0.3, 0.4) is 0 Å². The Morgan fingerprint density at radius 3 is 1.20 bits per heavy atom. The maximum atomic E-state index is 2.54. The van der Waals surface area contributed by atoms with Gasteiger partial charge in [-0.2, -0.15) is 0 Å². The second kappa shape index (κ2) is 12.8. The van der Waals surface area contributed by atoms with Gasteiger partial charge < -0.3 is 14.7 Å². The Kier molecular flexibility index (Phi) is 8.04. The predicted molar refractivity (Wildman–Crippen MR) is 233 cm³/mol. The highest BCUT2D eigenvalue weighted by molar-refractivity contribution is 7.00. The van der Waals surface area contributed by atoms with Crippen molar-refractivity contribution in [3.8, 4) is 0 Å². The molecular formula is C50H46BN3. The van der Waals surface area contributed by atoms with E-state index in [2.05, 4.69) is 226 Å². The van der Waals surface area contributed by atoms with Crippen LogP contribution in [-0.4, -0.2) is 6.71 Å². The van der Waals surface area contributed by atoms with Crippen LogP contribution >= 0.6 is 0 Å². The van der Waals surface area contributed by atoms with Gasteiger partial charge in [0.15, 0.2) is 0 Å². The Morgan fingerprint density at radius 1 is 0.407 bits per heavy atom. The summed E-state index contributed by atoms with van der Waals surface area (Å²) in [5.41, 5.74) is 17.0. The van der Waals surface area contributed by atoms with Crippen LogP contribution in [0, 0.1) is 0 Å². The van der Waals surface area contributed by atoms with Gasteiger partial charge in [0.05, 0.1) is 5.69 Å². The zero-order valence-corrected chi connectivity index (χ0v) is 32.1. The zero-order valence-electron chi connectivity index (χ0n) is 32.1. The fraction of sp³-hybridized carbons (Fsp3) is 0.160. The minimum atomic E-state index is -0.0941. The number of nitrogens with zero attached hydrogens (tertiary/aromatic N) is 3. The summed E-state index contributed by atoms with van der Waals surface area (Å²) in [6.07, 6.45) is 0. The van der Waals surface area contributed by atoms with Crippen molar-refractivity contribution in [3.05, 3.63) is 181 Å². The lowest BCUT2D eigenvalue weighted by atomic mass is 9.33. The SMILES string of the molecule is CC(C)(C)c1ccccc1N(c1cc2c3c(c1)N(c1ccccc1)c1ccccc1B3c1ccccc1N2c1ccccc1)c1ccccc1C(C)(C)C. The standard InChI is InChI=1S/C50H46BN3/c1-49(2,3)38-25-13-17-29-42(38)54(43-30-18-14-26-39(43)50(4,5)6)37-33-46-48-47(34-37)53(36-23-11-8-12-24-36)45-32-20-16-28-41(45)51(48)40-27-15-19-31-44(40)52(46)35-21-9-7-10-22-35/h7-34H,1-6H3. The molecule has 7 aromatic carbocycles. The highest BCUT2D eigenvalue weighted by Crippen LogP contribution is 2.50. The Hall–Kier alpha value is -6.00. The van der Waals surface area contributed by atoms with Crippen molar-refractivity contribution >= 4 is 74.3 Å². The maximum Gasteiger partial charge on any atom is 0.252 e. The minimum Gasteiger partial charge on any atom is -0.311 e. The number of benzene rings is 7. The van der Waals surface area contributed by atoms with Gasteiger partial charge in [-0.3, -0.25) is 0 Å². The number of hydrogen-bond acceptors (Lipinski definition) is 3. The molecule has 0 fully saturated rings. The summed E-state index contributed by atoms with van der Waals surface area (Å²) in [6, 6.07) is 62.7. The van der Waals surface area contributed by atoms with E-state index >= 15 is 0 Å². The summed E-state index contributed by atoms with van der Waals surface area (Å²) < 4.78 is 0. The van der Waals surface area contributed by atoms with Gasteiger partial charge in [-0.1, -0.05) is 151 Å². The second-order valence-electron chi connectivity index (χ2n) is 16.7. The Balaban J connectivity index is 1.44. The van der Waals surface area contributed by atoms with Crippen LogP contribution in [0.1, 0.15) is 52.7 Å². The third-order valence-electron chi connectivity index (χ3n) is 11.1. The third-order valence-corrected chi connectivity index (χ3v) is 11.1. The molecule has 0 N–H and O–H groups in total. The van der Waals surface area contributed by atoms with Crippen molar-refractivity contribution < 1.29 is 0 Å². The molecule has 0 spiro atoms. The van der Waals surface area contributed by atoms with Crippen molar-refractivity contribution in [2.45, 2.75) is 52.4 Å². The van der Waals surface area contributed by atoms with Crippen LogP contribution in [-0.2, 0) is 10.8 Å². The molecule has 0 aromatic heterocycles. The molecule has 2 heterocycles. The van der Waals surface area contributed by atoms with Crippen molar-refractivity contribution in [1.82, 2.24) is 0 Å². The summed E-state index contributed by atoms with van der Waals surface area (Å²) in [7, 11) is 0. The molecule has 9 rings (SSSR count). The quantitative estimate of drug-likeness (QED) is 0.166. The lowest BCUT2D eigenvalue weighted by Crippen LogP contribution is -2.61. The molecule has 3 nitrogen and oxygen atoms in total. The lowest BCUT2D eigenvalue weighted by molar-refractivity contribution is 0.587. The topological polar surface area (TPSA) is 9.72 Å². The van der Waals surface area contributed by atoms with Gasteiger partial charge in [-0.25, -0.2) is 0 Å². The van der Waals surface area contributed by atoms with Gasteiger partial charge >= 0.3 is 0 Å². The minimum absolute atomic E-state index is 0.0635. The molecule has 0 amide bonds. The molecule has 0 saturated heterocycles. The number of hydrogen-bond donors (Lipinski definition) is 0. The van der Waals surface area contributed by atoms with E-state index in [4.69, 9.17) is 0 Å². The zero-order chi connectivity index (χ0) is 37.2. The van der Waals surface area contributed by atoms with E-state index in [9.17, 15) is 0 Å². The molecule has 0 aliphatic carbocycles. The molecule has 0 bridgehead atoms. The van der Waals surface area contributed by atoms with Crippen molar-refractivity contribution in [1.29, 1.82) is 0 Å². The van der Waals surface area contributed by atoms with Gasteiger partial charge in [-0.15, -0.1) is 0 Å². The van der Waals surface area contributed by atoms with E-state index < -0.39 is 0 Å². The van der Waals surface area contributed by atoms with Crippen molar-refractivity contribution in [2.75, 3.05) is 14.7 Å². The average molecular weight is 700 g/mol. The number of para-hydroxylation sites is 6. The van der Waals surface area contributed by atoms with E-state index in [1.54, 1.807) is 0 Å². The summed E-state index contributed by atoms with van der Waals surface area (Å²) in [4.78, 5) is 7.53. The van der Waals surface area contributed by atoms with Crippen LogP contribution in [0.4, 0.5) is 51.2 Å². The van der Waals surface area contributed by atoms with Crippen molar-refractivity contribution in [2.24, 2.45) is 0 Å². The Labute approximate surface area is 321 Å². The van der Waals surface area contributed by atoms with Crippen LogP contribution in [0.5, 0.6) is 0 Å². The largest absolute Gasteiger partial charge is 0.311 e. The molecule has 0 atom stereocenters. The van der Waals surface area contributed by atoms with Crippen LogP contribution in [0.25, 0.3) is 0 Å². The Morgan fingerprint density at radius 2 is 0.778 bits per heavy atom. The van der Waals surface area contributed by atoms with Gasteiger partial charge in [0.25, 0.3) is 6.71 Å². The van der Waals surface area contributed by atoms with Gasteiger partial charge in [0.2, 0.25) is 0 Å². The van der Waals surface area contributed by atoms with Gasteiger partial charge in [0, 0.05) is 45.5 Å². The van der Waals surface area contributed by atoms with Gasteiger partial charge in [0.1, 0.15) is 0 Å². The average Bonchev–Trinajstić information content (AvgIpc) is 3.18. The molecule has 7 aromatic rings. The van der Waals surface area contributed by atoms with Crippen LogP contribution in [0.15, 0.2) is 170 Å². The summed E-state index contributed by atoms with van der Waals surface area (Å²) in [5, 5.41) is 0. The highest BCUT2D eigenvalue weighted by atomic mass is 15.2. The van der Waals surface area contributed by atoms with Gasteiger partial charge in [-0.05, 0) is 99.0 Å². The molecule has 2 aliphatic heterocycles. The summed E-state index contributed by atoms with van der Waals surface area (Å²) in [6.45, 7) is 14.0. The van der Waals surface area contributed by atoms with Crippen molar-refractivity contribution in [3.63, 3.8) is 0 Å². The smallest absolute Gasteiger partial charge is 0.252 e. The Bertz CT molecular complexity index is 2320. The number of anilines is 9. The van der Waals surface area contributed by atoms with E-state index in [1.165, 1.54) is 61.6 Å². The predicted octanol–water partition coefficient (Wildman–Crippen LogP) is 11.8. The maximum absolute atomic E-state index is 2.54. The molecule has 0 unspecified atom stereocenters. The molecule has 54 heavy (non-hydrogen) atoms. The van der Waals surface area contributed by atoms with Crippen LogP contribution < -0.4 is 31.1 Å². The molecule has 0 radical (unpaired) electrons. The molecular weight excluding hydrogens is 653 g/mol.